The zero-order valence-electron chi connectivity index (χ0n) is 19.4. The molecule has 0 spiro atoms. The minimum Gasteiger partial charge on any atom is -0.401 e. The number of nitrogen functional groups attached to an aromatic ring is 1. The van der Waals surface area contributed by atoms with Crippen LogP contribution in [0.1, 0.15) is 31.9 Å². The smallest absolute Gasteiger partial charge is 0.320 e. The van der Waals surface area contributed by atoms with Crippen LogP contribution in [0, 0.1) is 6.92 Å². The summed E-state index contributed by atoms with van der Waals surface area (Å²) in [5.74, 6) is 0.265. The van der Waals surface area contributed by atoms with Crippen molar-refractivity contribution in [3.8, 4) is 11.6 Å². The Balaban J connectivity index is 1.73. The Morgan fingerprint density at radius 3 is 2.50 bits per heavy atom. The number of alkyl halides is 2. The fraction of sp³-hybridized carbons (Fsp3) is 0.292. The second-order valence-corrected chi connectivity index (χ2v) is 10.1. The molecule has 10 heteroatoms. The average Bonchev–Trinajstić information content (AvgIpc) is 3.19. The molecule has 2 heterocycles. The summed E-state index contributed by atoms with van der Waals surface area (Å²) in [5, 5.41) is 15.0. The zero-order chi connectivity index (χ0) is 24.7. The highest BCUT2D eigenvalue weighted by atomic mass is 31.0. The number of nitrogens with one attached hydrogen (secondary N) is 2. The molecule has 0 saturated heterocycles. The van der Waals surface area contributed by atoms with E-state index in [0.717, 1.165) is 27.7 Å². The summed E-state index contributed by atoms with van der Waals surface area (Å²) < 4.78 is 32.6. The Bertz CT molecular complexity index is 1340. The van der Waals surface area contributed by atoms with Crippen LogP contribution >= 0.6 is 9.24 Å². The number of rotatable bonds is 6. The van der Waals surface area contributed by atoms with Gasteiger partial charge in [-0.1, -0.05) is 41.2 Å². The van der Waals surface area contributed by atoms with Crippen molar-refractivity contribution in [2.75, 3.05) is 22.9 Å². The fourth-order valence-corrected chi connectivity index (χ4v) is 3.71. The molecule has 2 aromatic heterocycles. The van der Waals surface area contributed by atoms with E-state index in [-0.39, 0.29) is 17.3 Å². The molecule has 4 aromatic rings. The third kappa shape index (κ3) is 5.42. The van der Waals surface area contributed by atoms with E-state index in [0.29, 0.717) is 17.1 Å². The van der Waals surface area contributed by atoms with Crippen molar-refractivity contribution < 1.29 is 13.2 Å². The Labute approximate surface area is 198 Å². The molecule has 34 heavy (non-hydrogen) atoms. The maximum atomic E-state index is 13.4. The highest BCUT2D eigenvalue weighted by molar-refractivity contribution is 7.18. The maximum Gasteiger partial charge on any atom is 0.320 e. The van der Waals surface area contributed by atoms with Crippen molar-refractivity contribution in [2.45, 2.75) is 38.8 Å². The normalized spacial score (nSPS) is 12.2. The average molecular weight is 484 g/mol. The van der Waals surface area contributed by atoms with Crippen LogP contribution in [0.25, 0.3) is 22.5 Å². The highest BCUT2D eigenvalue weighted by Gasteiger charge is 2.24. The molecule has 4 N–H and O–H groups in total. The summed E-state index contributed by atoms with van der Waals surface area (Å²) >= 11 is 0. The van der Waals surface area contributed by atoms with Crippen LogP contribution < -0.4 is 16.4 Å². The molecular formula is C24H27F2N6OP. The minimum absolute atomic E-state index is 0.217. The van der Waals surface area contributed by atoms with Crippen LogP contribution in [0.3, 0.4) is 0 Å². The molecule has 0 aliphatic heterocycles. The molecule has 0 fully saturated rings. The number of nitrogens with two attached hydrogens (primary N) is 1. The standard InChI is InChI=1S/C24H27F2N6OP/c1-13-8-19(21-31-32-22(33-21)29-15-7-5-6-14(27)9-15)30-20-17(13)10-16(28-12-24(25,26)34)11-18(20)23(2,3)4/h5-11,28H,12,27,34H2,1-4H3,(H,29,32). The molecule has 178 valence electrons. The van der Waals surface area contributed by atoms with E-state index in [1.807, 2.05) is 37.3 Å². The summed E-state index contributed by atoms with van der Waals surface area (Å²) in [7, 11) is 1.55. The SMILES string of the molecule is Cc1cc(-c2nnc(Nc3cccc(N)c3)o2)nc2c(C(C)(C)C)cc(NCC(F)(F)P)cc12. The van der Waals surface area contributed by atoms with Gasteiger partial charge in [-0.15, -0.1) is 5.10 Å². The second-order valence-electron chi connectivity index (χ2n) is 9.27. The van der Waals surface area contributed by atoms with E-state index in [1.165, 1.54) is 0 Å². The highest BCUT2D eigenvalue weighted by Crippen LogP contribution is 2.36. The first-order chi connectivity index (χ1) is 15.9. The van der Waals surface area contributed by atoms with Gasteiger partial charge in [-0.3, -0.25) is 0 Å². The number of pyridine rings is 1. The monoisotopic (exact) mass is 484 g/mol. The van der Waals surface area contributed by atoms with Crippen molar-refractivity contribution >= 4 is 43.2 Å². The largest absolute Gasteiger partial charge is 0.401 e. The number of hydrogen-bond acceptors (Lipinski definition) is 7. The van der Waals surface area contributed by atoms with Gasteiger partial charge < -0.3 is 20.8 Å². The Kier molecular flexibility index (Phi) is 6.16. The first-order valence-electron chi connectivity index (χ1n) is 10.7. The number of benzene rings is 2. The van der Waals surface area contributed by atoms with Crippen LogP contribution in [0.15, 0.2) is 46.9 Å². The summed E-state index contributed by atoms with van der Waals surface area (Å²) in [6.45, 7) is 7.62. The molecule has 2 aromatic carbocycles. The predicted molar refractivity (Wildman–Crippen MR) is 136 cm³/mol. The lowest BCUT2D eigenvalue weighted by molar-refractivity contribution is 0.120. The van der Waals surface area contributed by atoms with Gasteiger partial charge in [0.05, 0.1) is 12.1 Å². The second kappa shape index (κ2) is 8.80. The fourth-order valence-electron chi connectivity index (χ4n) is 3.61. The summed E-state index contributed by atoms with van der Waals surface area (Å²) in [4.78, 5) is 4.83. The van der Waals surface area contributed by atoms with Gasteiger partial charge in [0.2, 0.25) is 0 Å². The van der Waals surface area contributed by atoms with Crippen LogP contribution in [-0.2, 0) is 5.41 Å². The van der Waals surface area contributed by atoms with Gasteiger partial charge in [0.15, 0.2) is 0 Å². The molecule has 0 bridgehead atoms. The van der Waals surface area contributed by atoms with Gasteiger partial charge in [0, 0.05) is 22.4 Å². The van der Waals surface area contributed by atoms with E-state index >= 15 is 0 Å². The molecule has 1 atom stereocenters. The Morgan fingerprint density at radius 2 is 1.82 bits per heavy atom. The van der Waals surface area contributed by atoms with Gasteiger partial charge in [-0.25, -0.2) is 13.8 Å². The molecule has 0 radical (unpaired) electrons. The first kappa shape index (κ1) is 23.8. The van der Waals surface area contributed by atoms with Crippen molar-refractivity contribution in [3.05, 3.63) is 53.6 Å². The first-order valence-corrected chi connectivity index (χ1v) is 11.3. The lowest BCUT2D eigenvalue weighted by atomic mass is 9.84. The lowest BCUT2D eigenvalue weighted by Gasteiger charge is -2.23. The molecule has 0 saturated carbocycles. The van der Waals surface area contributed by atoms with Crippen molar-refractivity contribution in [1.82, 2.24) is 15.2 Å². The predicted octanol–water partition coefficient (Wildman–Crippen LogP) is 6.10. The molecule has 7 nitrogen and oxygen atoms in total. The molecule has 1 unspecified atom stereocenters. The summed E-state index contributed by atoms with van der Waals surface area (Å²) in [6.07, 6.45) is 0. The van der Waals surface area contributed by atoms with Crippen LogP contribution in [-0.4, -0.2) is 27.4 Å². The number of hydrogen-bond donors (Lipinski definition) is 3. The third-order valence-electron chi connectivity index (χ3n) is 5.24. The quantitative estimate of drug-likeness (QED) is 0.225. The van der Waals surface area contributed by atoms with E-state index in [9.17, 15) is 8.78 Å². The number of aromatic nitrogens is 3. The van der Waals surface area contributed by atoms with Gasteiger partial charge >= 0.3 is 6.01 Å². The minimum atomic E-state index is -2.90. The van der Waals surface area contributed by atoms with E-state index in [4.69, 9.17) is 15.1 Å². The van der Waals surface area contributed by atoms with Gasteiger partial charge in [-0.2, -0.15) is 0 Å². The third-order valence-corrected chi connectivity index (χ3v) is 5.44. The van der Waals surface area contributed by atoms with Crippen LogP contribution in [0.5, 0.6) is 0 Å². The Hall–Kier alpha value is -3.32. The summed E-state index contributed by atoms with van der Waals surface area (Å²) in [5.41, 5.74) is 7.70. The Morgan fingerprint density at radius 1 is 1.06 bits per heavy atom. The molecular weight excluding hydrogens is 457 g/mol. The molecule has 4 rings (SSSR count). The number of anilines is 4. The van der Waals surface area contributed by atoms with Gasteiger partial charge in [-0.05, 0) is 59.9 Å². The molecule has 0 aliphatic carbocycles. The number of halogens is 2. The number of nitrogens with zero attached hydrogens (tertiary/aromatic N) is 3. The van der Waals surface area contributed by atoms with E-state index in [1.54, 1.807) is 21.4 Å². The number of aryl methyl sites for hydroxylation is 1. The van der Waals surface area contributed by atoms with E-state index in [2.05, 4.69) is 41.6 Å². The number of fused-ring (bicyclic) bond motifs is 1. The topological polar surface area (TPSA) is 102 Å². The van der Waals surface area contributed by atoms with Crippen LogP contribution in [0.2, 0.25) is 0 Å². The lowest BCUT2D eigenvalue weighted by Crippen LogP contribution is -2.20. The zero-order valence-corrected chi connectivity index (χ0v) is 20.6. The molecule has 0 amide bonds. The maximum absolute atomic E-state index is 13.4. The van der Waals surface area contributed by atoms with Crippen molar-refractivity contribution in [2.24, 2.45) is 0 Å². The van der Waals surface area contributed by atoms with Crippen molar-refractivity contribution in [3.63, 3.8) is 0 Å². The van der Waals surface area contributed by atoms with Crippen molar-refractivity contribution in [1.29, 1.82) is 0 Å². The van der Waals surface area contributed by atoms with E-state index < -0.39 is 12.2 Å². The van der Waals surface area contributed by atoms with Gasteiger partial charge in [0.1, 0.15) is 5.69 Å². The van der Waals surface area contributed by atoms with Crippen LogP contribution in [0.4, 0.5) is 31.9 Å². The summed E-state index contributed by atoms with van der Waals surface area (Å²) in [6, 6.07) is 13.0. The van der Waals surface area contributed by atoms with Gasteiger partial charge in [0.25, 0.3) is 11.6 Å². The molecule has 0 aliphatic rings.